The molecule has 0 aliphatic heterocycles. The first-order valence-electron chi connectivity index (χ1n) is 7.14. The first-order chi connectivity index (χ1) is 7.46. The Kier molecular flexibility index (Phi) is 5.30. The predicted molar refractivity (Wildman–Crippen MR) is 70.7 cm³/mol. The van der Waals surface area contributed by atoms with Crippen molar-refractivity contribution in [1.29, 1.82) is 0 Å². The van der Waals surface area contributed by atoms with Crippen LogP contribution in [-0.4, -0.2) is 11.7 Å². The molecule has 1 rings (SSSR count). The lowest BCUT2D eigenvalue weighted by Crippen LogP contribution is -2.38. The second-order valence-corrected chi connectivity index (χ2v) is 6.33. The fourth-order valence-electron chi connectivity index (χ4n) is 2.83. The molecular weight excluding hydrogens is 196 g/mol. The van der Waals surface area contributed by atoms with E-state index < -0.39 is 0 Å². The summed E-state index contributed by atoms with van der Waals surface area (Å²) in [4.78, 5) is 0. The van der Waals surface area contributed by atoms with Gasteiger partial charge in [-0.25, -0.2) is 0 Å². The highest BCUT2D eigenvalue weighted by molar-refractivity contribution is 4.90. The van der Waals surface area contributed by atoms with Crippen molar-refractivity contribution in [2.75, 3.05) is 0 Å². The average Bonchev–Trinajstić information content (AvgIpc) is 2.64. The average molecular weight is 226 g/mol. The van der Waals surface area contributed by atoms with E-state index in [1.54, 1.807) is 0 Å². The molecule has 0 bridgehead atoms. The molecule has 0 aromatic carbocycles. The maximum atomic E-state index is 6.41. The van der Waals surface area contributed by atoms with E-state index in [1.807, 2.05) is 0 Å². The molecule has 1 aliphatic rings. The lowest BCUT2D eigenvalue weighted by Gasteiger charge is -2.36. The predicted octanol–water partition coefficient (Wildman–Crippen LogP) is 4.80. The molecule has 1 aliphatic carbocycles. The second-order valence-electron chi connectivity index (χ2n) is 6.33. The Labute approximate surface area is 102 Å². The summed E-state index contributed by atoms with van der Waals surface area (Å²) in [6.45, 7) is 11.5. The van der Waals surface area contributed by atoms with Gasteiger partial charge in [0.1, 0.15) is 0 Å². The zero-order valence-corrected chi connectivity index (χ0v) is 11.9. The summed E-state index contributed by atoms with van der Waals surface area (Å²) in [5, 5.41) is 0. The van der Waals surface area contributed by atoms with Gasteiger partial charge in [0.2, 0.25) is 0 Å². The molecule has 1 unspecified atom stereocenters. The minimum absolute atomic E-state index is 0.205. The van der Waals surface area contributed by atoms with Crippen molar-refractivity contribution in [1.82, 2.24) is 0 Å². The SMILES string of the molecule is CC(C)CCC(C)OC1(C(C)C)CCCC1. The highest BCUT2D eigenvalue weighted by Gasteiger charge is 2.38. The van der Waals surface area contributed by atoms with Gasteiger partial charge in [-0.05, 0) is 44.4 Å². The van der Waals surface area contributed by atoms with E-state index in [4.69, 9.17) is 4.74 Å². The summed E-state index contributed by atoms with van der Waals surface area (Å²) >= 11 is 0. The smallest absolute Gasteiger partial charge is 0.0708 e. The van der Waals surface area contributed by atoms with E-state index in [0.29, 0.717) is 12.0 Å². The van der Waals surface area contributed by atoms with Crippen LogP contribution in [0.3, 0.4) is 0 Å². The third-order valence-corrected chi connectivity index (χ3v) is 4.09. The zero-order valence-electron chi connectivity index (χ0n) is 11.9. The molecule has 0 saturated heterocycles. The topological polar surface area (TPSA) is 9.23 Å². The normalized spacial score (nSPS) is 21.9. The molecular formula is C15H30O. The maximum Gasteiger partial charge on any atom is 0.0708 e. The van der Waals surface area contributed by atoms with Crippen molar-refractivity contribution in [3.8, 4) is 0 Å². The van der Waals surface area contributed by atoms with Crippen molar-refractivity contribution < 1.29 is 4.74 Å². The highest BCUT2D eigenvalue weighted by atomic mass is 16.5. The molecule has 1 atom stereocenters. The molecule has 1 heteroatoms. The molecule has 96 valence electrons. The minimum atomic E-state index is 0.205. The quantitative estimate of drug-likeness (QED) is 0.632. The van der Waals surface area contributed by atoms with Gasteiger partial charge >= 0.3 is 0 Å². The Morgan fingerprint density at radius 2 is 1.50 bits per heavy atom. The fraction of sp³-hybridized carbons (Fsp3) is 1.00. The molecule has 0 N–H and O–H groups in total. The molecule has 0 aromatic rings. The van der Waals surface area contributed by atoms with E-state index in [-0.39, 0.29) is 5.60 Å². The van der Waals surface area contributed by atoms with Crippen LogP contribution in [0.25, 0.3) is 0 Å². The molecule has 0 spiro atoms. The van der Waals surface area contributed by atoms with Gasteiger partial charge in [0.15, 0.2) is 0 Å². The van der Waals surface area contributed by atoms with E-state index in [1.165, 1.54) is 38.5 Å². The number of rotatable bonds is 6. The van der Waals surface area contributed by atoms with Gasteiger partial charge in [0, 0.05) is 0 Å². The summed E-state index contributed by atoms with van der Waals surface area (Å²) in [6.07, 6.45) is 8.20. The Morgan fingerprint density at radius 3 is 1.94 bits per heavy atom. The van der Waals surface area contributed by atoms with Crippen molar-refractivity contribution in [2.45, 2.75) is 84.8 Å². The van der Waals surface area contributed by atoms with Gasteiger partial charge in [-0.2, -0.15) is 0 Å². The molecule has 1 fully saturated rings. The molecule has 0 aromatic heterocycles. The van der Waals surface area contributed by atoms with Gasteiger partial charge < -0.3 is 4.74 Å². The fourth-order valence-corrected chi connectivity index (χ4v) is 2.83. The second kappa shape index (κ2) is 6.05. The van der Waals surface area contributed by atoms with E-state index in [9.17, 15) is 0 Å². The Balaban J connectivity index is 2.43. The third-order valence-electron chi connectivity index (χ3n) is 4.09. The molecule has 0 heterocycles. The summed E-state index contributed by atoms with van der Waals surface area (Å²) < 4.78 is 6.41. The first kappa shape index (κ1) is 14.0. The van der Waals surface area contributed by atoms with E-state index >= 15 is 0 Å². The summed E-state index contributed by atoms with van der Waals surface area (Å²) in [6, 6.07) is 0. The van der Waals surface area contributed by atoms with Crippen molar-refractivity contribution in [3.63, 3.8) is 0 Å². The van der Waals surface area contributed by atoms with Crippen LogP contribution in [0.5, 0.6) is 0 Å². The van der Waals surface area contributed by atoms with Crippen LogP contribution in [0, 0.1) is 11.8 Å². The summed E-state index contributed by atoms with van der Waals surface area (Å²) in [7, 11) is 0. The van der Waals surface area contributed by atoms with Crippen LogP contribution < -0.4 is 0 Å². The Morgan fingerprint density at radius 1 is 0.938 bits per heavy atom. The van der Waals surface area contributed by atoms with Crippen LogP contribution in [0.4, 0.5) is 0 Å². The van der Waals surface area contributed by atoms with Crippen LogP contribution in [0.2, 0.25) is 0 Å². The number of hydrogen-bond donors (Lipinski definition) is 0. The maximum absolute atomic E-state index is 6.41. The molecule has 1 nitrogen and oxygen atoms in total. The monoisotopic (exact) mass is 226 g/mol. The van der Waals surface area contributed by atoms with Gasteiger partial charge in [-0.3, -0.25) is 0 Å². The molecule has 0 radical (unpaired) electrons. The first-order valence-corrected chi connectivity index (χ1v) is 7.14. The van der Waals surface area contributed by atoms with Crippen LogP contribution in [0.1, 0.15) is 73.1 Å². The largest absolute Gasteiger partial charge is 0.372 e. The lowest BCUT2D eigenvalue weighted by molar-refractivity contribution is -0.114. The Hall–Kier alpha value is -0.0400. The highest BCUT2D eigenvalue weighted by Crippen LogP contribution is 2.40. The number of ether oxygens (including phenoxy) is 1. The van der Waals surface area contributed by atoms with Gasteiger partial charge in [0.25, 0.3) is 0 Å². The molecule has 0 amide bonds. The van der Waals surface area contributed by atoms with Gasteiger partial charge in [-0.15, -0.1) is 0 Å². The standard InChI is InChI=1S/C15H30O/c1-12(2)8-9-14(5)16-15(13(3)4)10-6-7-11-15/h12-14H,6-11H2,1-5H3. The molecule has 1 saturated carbocycles. The lowest BCUT2D eigenvalue weighted by atomic mass is 9.88. The van der Waals surface area contributed by atoms with Crippen molar-refractivity contribution in [2.24, 2.45) is 11.8 Å². The van der Waals surface area contributed by atoms with Crippen LogP contribution in [-0.2, 0) is 4.74 Å². The van der Waals surface area contributed by atoms with E-state index in [2.05, 4.69) is 34.6 Å². The minimum Gasteiger partial charge on any atom is -0.372 e. The van der Waals surface area contributed by atoms with Crippen molar-refractivity contribution >= 4 is 0 Å². The van der Waals surface area contributed by atoms with Crippen LogP contribution in [0.15, 0.2) is 0 Å². The molecule has 16 heavy (non-hydrogen) atoms. The third kappa shape index (κ3) is 3.76. The van der Waals surface area contributed by atoms with Crippen LogP contribution >= 0.6 is 0 Å². The summed E-state index contributed by atoms with van der Waals surface area (Å²) in [5.74, 6) is 1.46. The summed E-state index contributed by atoms with van der Waals surface area (Å²) in [5.41, 5.74) is 0.205. The van der Waals surface area contributed by atoms with Gasteiger partial charge in [0.05, 0.1) is 11.7 Å². The Bertz CT molecular complexity index is 190. The van der Waals surface area contributed by atoms with Crippen molar-refractivity contribution in [3.05, 3.63) is 0 Å². The van der Waals surface area contributed by atoms with Gasteiger partial charge in [-0.1, -0.05) is 40.5 Å². The number of hydrogen-bond acceptors (Lipinski definition) is 1. The zero-order chi connectivity index (χ0) is 12.2. The van der Waals surface area contributed by atoms with E-state index in [0.717, 1.165) is 5.92 Å².